The molecular formula is C41H49N13O6. The number of amides is 4. The number of primary amides is 2. The predicted octanol–water partition coefficient (Wildman–Crippen LogP) is 3.92. The lowest BCUT2D eigenvalue weighted by Gasteiger charge is -2.13. The fraction of sp³-hybridized carbons (Fsp3) is 0.366. The molecule has 0 atom stereocenters. The Morgan fingerprint density at radius 2 is 1.23 bits per heavy atom. The van der Waals surface area contributed by atoms with Gasteiger partial charge in [0, 0.05) is 43.3 Å². The van der Waals surface area contributed by atoms with Crippen LogP contribution >= 0.6 is 0 Å². The molecule has 0 aliphatic heterocycles. The monoisotopic (exact) mass is 819 g/mol. The fourth-order valence-corrected chi connectivity index (χ4v) is 7.03. The van der Waals surface area contributed by atoms with Gasteiger partial charge in [-0.2, -0.15) is 10.2 Å². The van der Waals surface area contributed by atoms with Gasteiger partial charge in [0.2, 0.25) is 23.7 Å². The van der Waals surface area contributed by atoms with Gasteiger partial charge in [-0.05, 0) is 89.9 Å². The number of anilines is 2. The highest BCUT2D eigenvalue weighted by atomic mass is 16.5. The van der Waals surface area contributed by atoms with Crippen molar-refractivity contribution in [1.82, 2.24) is 44.0 Å². The smallest absolute Gasteiger partial charge is 0.276 e. The number of nitrogens with zero attached hydrogens (tertiary/aromatic N) is 8. The zero-order chi connectivity index (χ0) is 42.7. The van der Waals surface area contributed by atoms with Gasteiger partial charge in [0.15, 0.2) is 0 Å². The first-order chi connectivity index (χ1) is 28.9. The number of methoxy groups -OCH3 is 1. The number of ether oxygens (including phenoxy) is 2. The van der Waals surface area contributed by atoms with Gasteiger partial charge >= 0.3 is 0 Å². The van der Waals surface area contributed by atoms with E-state index >= 15 is 0 Å². The summed E-state index contributed by atoms with van der Waals surface area (Å²) in [5.41, 5.74) is 15.7. The first-order valence-electron chi connectivity index (χ1n) is 19.8. The minimum absolute atomic E-state index is 0.177. The second kappa shape index (κ2) is 17.5. The Balaban J connectivity index is 1.25. The molecule has 6 aromatic rings. The highest BCUT2D eigenvalue weighted by Crippen LogP contribution is 2.33. The van der Waals surface area contributed by atoms with Gasteiger partial charge in [-0.25, -0.2) is 9.97 Å². The van der Waals surface area contributed by atoms with Crippen molar-refractivity contribution in [1.29, 1.82) is 0 Å². The molecule has 19 nitrogen and oxygen atoms in total. The molecule has 1 fully saturated rings. The third-order valence-corrected chi connectivity index (χ3v) is 10.1. The minimum atomic E-state index is -0.663. The molecule has 1 aliphatic carbocycles. The molecule has 4 aromatic heterocycles. The number of hydrogen-bond donors (Lipinski definition) is 5. The number of aromatic nitrogens is 8. The number of aryl methyl sites for hydroxylation is 4. The summed E-state index contributed by atoms with van der Waals surface area (Å²) in [5, 5.41) is 18.2. The van der Waals surface area contributed by atoms with Gasteiger partial charge in [0.1, 0.15) is 33.9 Å². The van der Waals surface area contributed by atoms with Crippen LogP contribution in [0.3, 0.4) is 0 Å². The van der Waals surface area contributed by atoms with Gasteiger partial charge < -0.3 is 35.4 Å². The van der Waals surface area contributed by atoms with E-state index in [-0.39, 0.29) is 36.1 Å². The SMILES string of the molecule is CCn1nc(C)cc1C(=O)Nc1nc2cc(C(N)=O)cc(OC)c2n1C/C=C/Cn1c(NC(=O)c2cc(C)nn2CC)nc2cc(C(N)=O)cc(OCCCNC3CC3)c21. The van der Waals surface area contributed by atoms with E-state index in [1.165, 1.54) is 26.0 Å². The van der Waals surface area contributed by atoms with Gasteiger partial charge in [-0.1, -0.05) is 12.2 Å². The van der Waals surface area contributed by atoms with Gasteiger partial charge in [-0.3, -0.25) is 39.2 Å². The number of carbonyl (C=O) groups is 4. The molecule has 1 aliphatic rings. The number of rotatable bonds is 19. The molecule has 314 valence electrons. The number of fused-ring (bicyclic) bond motifs is 2. The predicted molar refractivity (Wildman–Crippen MR) is 225 cm³/mol. The van der Waals surface area contributed by atoms with Crippen molar-refractivity contribution in [3.8, 4) is 11.5 Å². The standard InChI is InChI=1S/C41H49N13O6/c1-6-53-30(17-23(3)49-53)38(57)47-40-45-28-19-25(36(42)55)21-32(59-5)34(28)51(40)14-8-9-15-52-35-29(46-41(52)48-39(58)31-18-24(4)50-54(31)7-2)20-26(37(43)56)22-33(35)60-16-10-13-44-27-11-12-27/h8-9,17-22,27,44H,6-7,10-16H2,1-5H3,(H2,42,55)(H2,43,56)(H,45,47,57)(H,46,48,58)/b9-8+. The van der Waals surface area contributed by atoms with Gasteiger partial charge in [0.25, 0.3) is 11.8 Å². The van der Waals surface area contributed by atoms with Crippen LogP contribution in [0.15, 0.2) is 48.6 Å². The summed E-state index contributed by atoms with van der Waals surface area (Å²) in [6.45, 7) is 9.85. The number of allylic oxidation sites excluding steroid dienone is 2. The number of imidazole rings is 2. The first-order valence-corrected chi connectivity index (χ1v) is 19.8. The summed E-state index contributed by atoms with van der Waals surface area (Å²) in [5.74, 6) is -1.07. The molecule has 19 heteroatoms. The van der Waals surface area contributed by atoms with E-state index in [1.807, 2.05) is 32.9 Å². The average Bonchev–Trinajstić information content (AvgIpc) is 3.50. The minimum Gasteiger partial charge on any atom is -0.494 e. The summed E-state index contributed by atoms with van der Waals surface area (Å²) >= 11 is 0. The molecule has 2 aromatic carbocycles. The van der Waals surface area contributed by atoms with E-state index < -0.39 is 23.6 Å². The molecule has 0 unspecified atom stereocenters. The summed E-state index contributed by atoms with van der Waals surface area (Å²) in [7, 11) is 1.47. The van der Waals surface area contributed by atoms with E-state index in [0.29, 0.717) is 82.1 Å². The Hall–Kier alpha value is -7.02. The summed E-state index contributed by atoms with van der Waals surface area (Å²) < 4.78 is 18.7. The molecule has 0 radical (unpaired) electrons. The molecule has 7 N–H and O–H groups in total. The molecule has 0 spiro atoms. The lowest BCUT2D eigenvalue weighted by atomic mass is 10.1. The second-order valence-corrected chi connectivity index (χ2v) is 14.5. The average molecular weight is 820 g/mol. The molecule has 7 rings (SSSR count). The third-order valence-electron chi connectivity index (χ3n) is 10.1. The Bertz CT molecular complexity index is 2650. The maximum absolute atomic E-state index is 13.8. The molecule has 1 saturated carbocycles. The number of benzene rings is 2. The number of carbonyl (C=O) groups excluding carboxylic acids is 4. The summed E-state index contributed by atoms with van der Waals surface area (Å²) in [6, 6.07) is 10.2. The maximum atomic E-state index is 13.8. The Kier molecular flexibility index (Phi) is 12.0. The Morgan fingerprint density at radius 3 is 1.68 bits per heavy atom. The maximum Gasteiger partial charge on any atom is 0.276 e. The Morgan fingerprint density at radius 1 is 0.750 bits per heavy atom. The van der Waals surface area contributed by atoms with E-state index in [4.69, 9.17) is 30.9 Å². The van der Waals surface area contributed by atoms with Crippen LogP contribution in [0.2, 0.25) is 0 Å². The zero-order valence-corrected chi connectivity index (χ0v) is 34.2. The lowest BCUT2D eigenvalue weighted by molar-refractivity contribution is 0.0991. The quantitative estimate of drug-likeness (QED) is 0.0579. The van der Waals surface area contributed by atoms with Crippen molar-refractivity contribution in [3.63, 3.8) is 0 Å². The van der Waals surface area contributed by atoms with Crippen LogP contribution in [0, 0.1) is 13.8 Å². The van der Waals surface area contributed by atoms with E-state index in [0.717, 1.165) is 13.0 Å². The second-order valence-electron chi connectivity index (χ2n) is 14.5. The first kappa shape index (κ1) is 41.2. The lowest BCUT2D eigenvalue weighted by Crippen LogP contribution is -2.20. The van der Waals surface area contributed by atoms with E-state index in [9.17, 15) is 19.2 Å². The van der Waals surface area contributed by atoms with Crippen molar-refractivity contribution >= 4 is 57.6 Å². The van der Waals surface area contributed by atoms with Crippen LogP contribution in [0.25, 0.3) is 22.1 Å². The number of nitrogens with two attached hydrogens (primary N) is 2. The van der Waals surface area contributed by atoms with Crippen molar-refractivity contribution in [2.45, 2.75) is 79.2 Å². The summed E-state index contributed by atoms with van der Waals surface area (Å²) in [6.07, 6.45) is 6.78. The topological polar surface area (TPSA) is 246 Å². The van der Waals surface area contributed by atoms with Crippen LogP contribution in [0.1, 0.15) is 86.2 Å². The van der Waals surface area contributed by atoms with Crippen molar-refractivity contribution in [2.75, 3.05) is 30.9 Å². The van der Waals surface area contributed by atoms with Crippen LogP contribution < -0.4 is 36.9 Å². The highest BCUT2D eigenvalue weighted by Gasteiger charge is 2.24. The van der Waals surface area contributed by atoms with E-state index in [1.54, 1.807) is 55.8 Å². The van der Waals surface area contributed by atoms with Crippen LogP contribution in [0.4, 0.5) is 11.9 Å². The molecule has 4 amide bonds. The van der Waals surface area contributed by atoms with Gasteiger partial charge in [-0.15, -0.1) is 0 Å². The molecule has 0 saturated heterocycles. The van der Waals surface area contributed by atoms with Crippen molar-refractivity contribution in [3.05, 3.63) is 82.5 Å². The molecule has 4 heterocycles. The van der Waals surface area contributed by atoms with Crippen LogP contribution in [-0.4, -0.2) is 88.6 Å². The zero-order valence-electron chi connectivity index (χ0n) is 34.2. The highest BCUT2D eigenvalue weighted by molar-refractivity contribution is 6.05. The largest absolute Gasteiger partial charge is 0.494 e. The number of nitrogens with one attached hydrogen (secondary N) is 3. The van der Waals surface area contributed by atoms with Crippen molar-refractivity contribution in [2.24, 2.45) is 11.5 Å². The molecule has 0 bridgehead atoms. The van der Waals surface area contributed by atoms with Crippen molar-refractivity contribution < 1.29 is 28.7 Å². The van der Waals surface area contributed by atoms with E-state index in [2.05, 4.69) is 26.1 Å². The number of hydrogen-bond acceptors (Lipinski definition) is 11. The third kappa shape index (κ3) is 8.70. The Labute approximate surface area is 345 Å². The normalized spacial score (nSPS) is 12.8. The summed E-state index contributed by atoms with van der Waals surface area (Å²) in [4.78, 5) is 61.6. The molecular weight excluding hydrogens is 771 g/mol. The fourth-order valence-electron chi connectivity index (χ4n) is 7.03. The van der Waals surface area contributed by atoms with Crippen LogP contribution in [-0.2, 0) is 26.2 Å². The van der Waals surface area contributed by atoms with Gasteiger partial charge in [0.05, 0.1) is 36.1 Å². The van der Waals surface area contributed by atoms with Crippen LogP contribution in [0.5, 0.6) is 11.5 Å². The molecule has 60 heavy (non-hydrogen) atoms.